The molecule has 1 saturated carbocycles. The van der Waals surface area contributed by atoms with Crippen LogP contribution in [0.3, 0.4) is 0 Å². The van der Waals surface area contributed by atoms with Gasteiger partial charge in [-0.25, -0.2) is 0 Å². The van der Waals surface area contributed by atoms with Crippen molar-refractivity contribution in [2.45, 2.75) is 63.6 Å². The lowest BCUT2D eigenvalue weighted by atomic mass is 9.55. The second-order valence-electron chi connectivity index (χ2n) is 9.62. The van der Waals surface area contributed by atoms with E-state index in [4.69, 9.17) is 10.5 Å². The number of hydrogen-bond donors (Lipinski definition) is 5. The molecule has 0 unspecified atom stereocenters. The minimum Gasteiger partial charge on any atom is -0.508 e. The zero-order chi connectivity index (χ0) is 26.5. The van der Waals surface area contributed by atoms with E-state index in [1.54, 1.807) is 12.1 Å². The monoisotopic (exact) mass is 499 g/mol. The van der Waals surface area contributed by atoms with Crippen molar-refractivity contribution >= 4 is 29.2 Å². The molecule has 10 nitrogen and oxygen atoms in total. The summed E-state index contributed by atoms with van der Waals surface area (Å²) in [6.07, 6.45) is 1.05. The summed E-state index contributed by atoms with van der Waals surface area (Å²) in [5.41, 5.74) is 1.67. The van der Waals surface area contributed by atoms with Crippen LogP contribution in [0.2, 0.25) is 0 Å². The Labute approximate surface area is 207 Å². The number of esters is 1. The maximum absolute atomic E-state index is 13.9. The molecule has 3 aliphatic rings. The van der Waals surface area contributed by atoms with Gasteiger partial charge in [0, 0.05) is 30.8 Å². The van der Waals surface area contributed by atoms with Gasteiger partial charge in [-0.3, -0.25) is 19.2 Å². The Morgan fingerprint density at radius 3 is 2.47 bits per heavy atom. The number of rotatable bonds is 6. The zero-order valence-corrected chi connectivity index (χ0v) is 20.0. The molecule has 1 aromatic rings. The number of phenols is 1. The van der Waals surface area contributed by atoms with E-state index in [1.165, 1.54) is 6.07 Å². The molecule has 6 N–H and O–H groups in total. The topological polar surface area (TPSA) is 184 Å². The average molecular weight is 500 g/mol. The average Bonchev–Trinajstić information content (AvgIpc) is 2.79. The Bertz CT molecular complexity index is 1230. The van der Waals surface area contributed by atoms with E-state index in [0.717, 1.165) is 19.8 Å². The number of aromatic hydroxyl groups is 1. The van der Waals surface area contributed by atoms with Crippen LogP contribution in [-0.2, 0) is 23.9 Å². The van der Waals surface area contributed by atoms with Gasteiger partial charge in [0.05, 0.1) is 5.56 Å². The van der Waals surface area contributed by atoms with Crippen LogP contribution in [-0.4, -0.2) is 55.6 Å². The summed E-state index contributed by atoms with van der Waals surface area (Å²) in [6.45, 7) is 3.14. The van der Waals surface area contributed by atoms with E-state index in [-0.39, 0.29) is 16.9 Å². The Kier molecular flexibility index (Phi) is 6.42. The fourth-order valence-electron chi connectivity index (χ4n) is 6.05. The minimum absolute atomic E-state index is 0.00713. The molecule has 0 heterocycles. The number of benzene rings is 1. The molecule has 36 heavy (non-hydrogen) atoms. The Balaban J connectivity index is 2.02. The number of unbranched alkanes of at least 4 members (excludes halogenated alkanes) is 2. The first-order chi connectivity index (χ1) is 17.0. The number of aliphatic hydroxyl groups excluding tert-OH is 2. The maximum atomic E-state index is 13.9. The molecule has 0 radical (unpaired) electrons. The van der Waals surface area contributed by atoms with Crippen LogP contribution in [0.5, 0.6) is 5.75 Å². The van der Waals surface area contributed by atoms with Gasteiger partial charge in [-0.2, -0.15) is 0 Å². The molecule has 0 aromatic heterocycles. The SMILES string of the molecule is CCCCC[C@H]1c2cccc(O)c2C(O)=C2C(=O)[C@]3(O)C(O)=C(C(N)=O)C(=O)C[C@@H]3[C@@H](OC(C)=O)[C@@H]21. The number of carbonyl (C=O) groups is 4. The first-order valence-corrected chi connectivity index (χ1v) is 11.9. The van der Waals surface area contributed by atoms with Gasteiger partial charge in [0.25, 0.3) is 5.91 Å². The maximum Gasteiger partial charge on any atom is 0.302 e. The standard InChI is InChI=1S/C26H29NO9/c1-3-4-5-7-13-12-8-6-9-15(29)17(12)21(31)20-18(13)22(36-11(2)28)14-10-16(30)19(25(27)34)23(32)26(14,35)24(20)33/h6,8-9,13-14,18,22,29,31-32,35H,3-5,7,10H2,1-2H3,(H2,27,34)/t13-,14+,18+,22+,26+/m0/s1. The summed E-state index contributed by atoms with van der Waals surface area (Å²) in [5, 5.41) is 44.3. The van der Waals surface area contributed by atoms with Crippen molar-refractivity contribution in [2.75, 3.05) is 0 Å². The predicted octanol–water partition coefficient (Wildman–Crippen LogP) is 2.09. The Morgan fingerprint density at radius 2 is 1.86 bits per heavy atom. The van der Waals surface area contributed by atoms with Crippen molar-refractivity contribution in [1.82, 2.24) is 0 Å². The van der Waals surface area contributed by atoms with Gasteiger partial charge < -0.3 is 30.9 Å². The summed E-state index contributed by atoms with van der Waals surface area (Å²) in [6, 6.07) is 4.64. The molecule has 3 aliphatic carbocycles. The van der Waals surface area contributed by atoms with E-state index in [1.807, 2.05) is 6.92 Å². The van der Waals surface area contributed by atoms with Gasteiger partial charge >= 0.3 is 5.97 Å². The van der Waals surface area contributed by atoms with Crippen LogP contribution >= 0.6 is 0 Å². The molecule has 10 heteroatoms. The van der Waals surface area contributed by atoms with Gasteiger partial charge in [0.1, 0.15) is 28.9 Å². The minimum atomic E-state index is -2.85. The molecule has 1 amide bonds. The summed E-state index contributed by atoms with van der Waals surface area (Å²) in [5.74, 6) is -9.22. The van der Waals surface area contributed by atoms with E-state index in [0.29, 0.717) is 18.4 Å². The van der Waals surface area contributed by atoms with Crippen LogP contribution in [0.1, 0.15) is 63.0 Å². The highest BCUT2D eigenvalue weighted by Gasteiger charge is 2.66. The lowest BCUT2D eigenvalue weighted by molar-refractivity contribution is -0.177. The van der Waals surface area contributed by atoms with Crippen LogP contribution < -0.4 is 5.73 Å². The normalized spacial score (nSPS) is 29.4. The third-order valence-electron chi connectivity index (χ3n) is 7.56. The highest BCUT2D eigenvalue weighted by atomic mass is 16.5. The summed E-state index contributed by atoms with van der Waals surface area (Å²) < 4.78 is 5.61. The molecule has 0 bridgehead atoms. The van der Waals surface area contributed by atoms with Crippen LogP contribution in [0, 0.1) is 11.8 Å². The molecular formula is C26H29NO9. The Hall–Kier alpha value is -3.66. The lowest BCUT2D eigenvalue weighted by Crippen LogP contribution is -2.64. The molecule has 1 aromatic carbocycles. The number of ether oxygens (including phenoxy) is 1. The molecular weight excluding hydrogens is 470 g/mol. The molecule has 0 saturated heterocycles. The summed E-state index contributed by atoms with van der Waals surface area (Å²) >= 11 is 0. The van der Waals surface area contributed by atoms with Crippen LogP contribution in [0.25, 0.3) is 5.76 Å². The van der Waals surface area contributed by atoms with Crippen molar-refractivity contribution < 1.29 is 44.3 Å². The fourth-order valence-corrected chi connectivity index (χ4v) is 6.05. The second kappa shape index (κ2) is 9.09. The number of primary amides is 1. The molecule has 0 aliphatic heterocycles. The number of aliphatic hydroxyl groups is 3. The number of ketones is 2. The molecule has 192 valence electrons. The number of hydrogen-bond acceptors (Lipinski definition) is 9. The number of amides is 1. The van der Waals surface area contributed by atoms with E-state index >= 15 is 0 Å². The first-order valence-electron chi connectivity index (χ1n) is 11.9. The number of nitrogens with two attached hydrogens (primary N) is 1. The van der Waals surface area contributed by atoms with E-state index in [9.17, 15) is 39.6 Å². The predicted molar refractivity (Wildman–Crippen MR) is 126 cm³/mol. The number of fused-ring (bicyclic) bond motifs is 3. The number of phenolic OH excluding ortho intramolecular Hbond substituents is 1. The highest BCUT2D eigenvalue weighted by Crippen LogP contribution is 2.57. The highest BCUT2D eigenvalue weighted by molar-refractivity contribution is 6.23. The van der Waals surface area contributed by atoms with Crippen molar-refractivity contribution in [1.29, 1.82) is 0 Å². The van der Waals surface area contributed by atoms with Crippen molar-refractivity contribution in [3.05, 3.63) is 46.2 Å². The van der Waals surface area contributed by atoms with Crippen molar-refractivity contribution in [3.63, 3.8) is 0 Å². The zero-order valence-electron chi connectivity index (χ0n) is 20.0. The number of Topliss-reactive ketones (excluding diaryl/α,β-unsaturated/α-hetero) is 2. The molecule has 4 rings (SSSR count). The van der Waals surface area contributed by atoms with Crippen LogP contribution in [0.15, 0.2) is 35.1 Å². The lowest BCUT2D eigenvalue weighted by Gasteiger charge is -2.52. The van der Waals surface area contributed by atoms with Gasteiger partial charge in [0.2, 0.25) is 5.78 Å². The molecule has 1 fully saturated rings. The van der Waals surface area contributed by atoms with Gasteiger partial charge in [-0.1, -0.05) is 38.3 Å². The summed E-state index contributed by atoms with van der Waals surface area (Å²) in [7, 11) is 0. The Morgan fingerprint density at radius 1 is 1.17 bits per heavy atom. The molecule has 0 spiro atoms. The largest absolute Gasteiger partial charge is 0.508 e. The van der Waals surface area contributed by atoms with Crippen molar-refractivity contribution in [3.8, 4) is 5.75 Å². The van der Waals surface area contributed by atoms with Gasteiger partial charge in [0.15, 0.2) is 11.4 Å². The van der Waals surface area contributed by atoms with Gasteiger partial charge in [-0.15, -0.1) is 0 Å². The number of carbonyl (C=O) groups excluding carboxylic acids is 4. The van der Waals surface area contributed by atoms with E-state index in [2.05, 4.69) is 0 Å². The third-order valence-corrected chi connectivity index (χ3v) is 7.56. The third kappa shape index (κ3) is 3.59. The van der Waals surface area contributed by atoms with Crippen molar-refractivity contribution in [2.24, 2.45) is 17.6 Å². The smallest absolute Gasteiger partial charge is 0.302 e. The summed E-state index contributed by atoms with van der Waals surface area (Å²) in [4.78, 5) is 50.7. The first kappa shape index (κ1) is 25.4. The quantitative estimate of drug-likeness (QED) is 0.222. The molecule has 5 atom stereocenters. The fraction of sp³-hybridized carbons (Fsp3) is 0.462. The van der Waals surface area contributed by atoms with Crippen LogP contribution in [0.4, 0.5) is 0 Å². The second-order valence-corrected chi connectivity index (χ2v) is 9.62. The van der Waals surface area contributed by atoms with E-state index < -0.39 is 76.4 Å². The van der Waals surface area contributed by atoms with Gasteiger partial charge in [-0.05, 0) is 24.0 Å².